The summed E-state index contributed by atoms with van der Waals surface area (Å²) in [6.07, 6.45) is -0.787. The minimum absolute atomic E-state index is 0.0334. The number of hydrogen-bond donors (Lipinski definition) is 3. The summed E-state index contributed by atoms with van der Waals surface area (Å²) < 4.78 is 9.86. The third-order valence-electron chi connectivity index (χ3n) is 3.91. The van der Waals surface area contributed by atoms with Crippen LogP contribution in [-0.2, 0) is 4.74 Å². The Labute approximate surface area is 176 Å². The number of amides is 1. The van der Waals surface area contributed by atoms with E-state index in [1.807, 2.05) is 0 Å². The zero-order valence-corrected chi connectivity index (χ0v) is 17.1. The van der Waals surface area contributed by atoms with E-state index >= 15 is 0 Å². The SMILES string of the molecule is CCOC(=O)Nc1cc(NC(C)C(=NO)c2ccc(OC)cc2)c([N+](=O)[O-])c(Cl)n1. The monoisotopic (exact) mass is 437 g/mol. The number of pyridine rings is 1. The number of hydrogen-bond acceptors (Lipinski definition) is 9. The Hall–Kier alpha value is -3.60. The topological polar surface area (TPSA) is 148 Å². The normalized spacial score (nSPS) is 12.1. The molecule has 30 heavy (non-hydrogen) atoms. The molecule has 0 aliphatic heterocycles. The molecule has 0 aliphatic rings. The maximum Gasteiger partial charge on any atom is 0.412 e. The lowest BCUT2D eigenvalue weighted by molar-refractivity contribution is -0.384. The first kappa shape index (κ1) is 22.7. The van der Waals surface area contributed by atoms with Crippen LogP contribution in [-0.4, -0.2) is 46.7 Å². The predicted octanol–water partition coefficient (Wildman–Crippen LogP) is 3.90. The van der Waals surface area contributed by atoms with Crippen molar-refractivity contribution >= 4 is 40.6 Å². The van der Waals surface area contributed by atoms with E-state index in [4.69, 9.17) is 21.1 Å². The summed E-state index contributed by atoms with van der Waals surface area (Å²) in [4.78, 5) is 26.2. The van der Waals surface area contributed by atoms with Crippen LogP contribution in [0.15, 0.2) is 35.5 Å². The first-order valence-electron chi connectivity index (χ1n) is 8.72. The van der Waals surface area contributed by atoms with Crippen LogP contribution in [0.25, 0.3) is 0 Å². The number of halogens is 1. The quantitative estimate of drug-likeness (QED) is 0.185. The van der Waals surface area contributed by atoms with E-state index < -0.39 is 27.9 Å². The van der Waals surface area contributed by atoms with Gasteiger partial charge in [0.25, 0.3) is 0 Å². The van der Waals surface area contributed by atoms with Crippen molar-refractivity contribution in [1.29, 1.82) is 0 Å². The van der Waals surface area contributed by atoms with Gasteiger partial charge in [-0.05, 0) is 38.1 Å². The van der Waals surface area contributed by atoms with Crippen LogP contribution in [0.5, 0.6) is 5.75 Å². The van der Waals surface area contributed by atoms with E-state index in [0.29, 0.717) is 11.3 Å². The highest BCUT2D eigenvalue weighted by molar-refractivity contribution is 6.32. The lowest BCUT2D eigenvalue weighted by Gasteiger charge is -2.18. The number of methoxy groups -OCH3 is 1. The highest BCUT2D eigenvalue weighted by atomic mass is 35.5. The number of nitro groups is 1. The van der Waals surface area contributed by atoms with Gasteiger partial charge in [-0.15, -0.1) is 0 Å². The van der Waals surface area contributed by atoms with Crippen LogP contribution >= 0.6 is 11.6 Å². The molecule has 0 spiro atoms. The minimum Gasteiger partial charge on any atom is -0.497 e. The van der Waals surface area contributed by atoms with Crippen LogP contribution in [0.3, 0.4) is 0 Å². The molecule has 2 aromatic rings. The van der Waals surface area contributed by atoms with Crippen molar-refractivity contribution in [2.45, 2.75) is 19.9 Å². The largest absolute Gasteiger partial charge is 0.497 e. The molecule has 1 amide bonds. The Balaban J connectivity index is 2.36. The zero-order valence-electron chi connectivity index (χ0n) is 16.4. The van der Waals surface area contributed by atoms with E-state index in [1.54, 1.807) is 38.1 Å². The van der Waals surface area contributed by atoms with Crippen molar-refractivity contribution in [1.82, 2.24) is 4.98 Å². The zero-order chi connectivity index (χ0) is 22.3. The Morgan fingerprint density at radius 3 is 2.60 bits per heavy atom. The Bertz CT molecular complexity index is 951. The number of carbonyl (C=O) groups is 1. The number of aromatic nitrogens is 1. The maximum absolute atomic E-state index is 11.6. The summed E-state index contributed by atoms with van der Waals surface area (Å²) in [5.74, 6) is 0.563. The molecule has 1 atom stereocenters. The van der Waals surface area contributed by atoms with Gasteiger partial charge in [0.1, 0.15) is 23.0 Å². The summed E-state index contributed by atoms with van der Waals surface area (Å²) >= 11 is 5.96. The molecule has 12 heteroatoms. The molecular weight excluding hydrogens is 418 g/mol. The van der Waals surface area contributed by atoms with Crippen LogP contribution in [0, 0.1) is 10.1 Å². The average Bonchev–Trinajstić information content (AvgIpc) is 2.68. The molecule has 1 heterocycles. The van der Waals surface area contributed by atoms with Gasteiger partial charge in [0.2, 0.25) is 5.15 Å². The fraction of sp³-hybridized carbons (Fsp3) is 0.278. The summed E-state index contributed by atoms with van der Waals surface area (Å²) in [6, 6.07) is 7.26. The van der Waals surface area contributed by atoms with Crippen molar-refractivity contribution < 1.29 is 24.4 Å². The molecule has 0 saturated heterocycles. The van der Waals surface area contributed by atoms with Crippen molar-refractivity contribution in [3.8, 4) is 5.75 Å². The summed E-state index contributed by atoms with van der Waals surface area (Å²) in [7, 11) is 1.52. The van der Waals surface area contributed by atoms with Crippen LogP contribution in [0.4, 0.5) is 22.0 Å². The van der Waals surface area contributed by atoms with E-state index in [2.05, 4.69) is 20.8 Å². The van der Waals surface area contributed by atoms with Gasteiger partial charge in [-0.3, -0.25) is 15.4 Å². The smallest absolute Gasteiger partial charge is 0.412 e. The number of nitrogens with zero attached hydrogens (tertiary/aromatic N) is 3. The van der Waals surface area contributed by atoms with E-state index in [0.717, 1.165) is 0 Å². The van der Waals surface area contributed by atoms with Gasteiger partial charge in [0, 0.05) is 11.6 Å². The lowest BCUT2D eigenvalue weighted by atomic mass is 10.0. The Morgan fingerprint density at radius 1 is 1.40 bits per heavy atom. The predicted molar refractivity (Wildman–Crippen MR) is 111 cm³/mol. The lowest BCUT2D eigenvalue weighted by Crippen LogP contribution is -2.28. The molecule has 11 nitrogen and oxygen atoms in total. The molecule has 1 unspecified atom stereocenters. The molecule has 1 aromatic carbocycles. The molecule has 0 radical (unpaired) electrons. The van der Waals surface area contributed by atoms with Gasteiger partial charge in [-0.2, -0.15) is 0 Å². The van der Waals surface area contributed by atoms with Gasteiger partial charge < -0.3 is 20.0 Å². The van der Waals surface area contributed by atoms with Crippen molar-refractivity contribution in [2.75, 3.05) is 24.4 Å². The van der Waals surface area contributed by atoms with E-state index in [9.17, 15) is 20.1 Å². The third-order valence-corrected chi connectivity index (χ3v) is 4.18. The van der Waals surface area contributed by atoms with Crippen LogP contribution in [0.1, 0.15) is 19.4 Å². The number of benzene rings is 1. The fourth-order valence-corrected chi connectivity index (χ4v) is 2.85. The summed E-state index contributed by atoms with van der Waals surface area (Å²) in [5, 5.41) is 29.1. The van der Waals surface area contributed by atoms with Crippen molar-refractivity contribution in [3.05, 3.63) is 51.2 Å². The number of ether oxygens (including phenoxy) is 2. The summed E-state index contributed by atoms with van der Waals surface area (Å²) in [6.45, 7) is 3.39. The molecule has 2 rings (SSSR count). The molecule has 3 N–H and O–H groups in total. The van der Waals surface area contributed by atoms with Gasteiger partial charge in [-0.1, -0.05) is 16.8 Å². The second-order valence-corrected chi connectivity index (χ2v) is 6.23. The fourth-order valence-electron chi connectivity index (χ4n) is 2.58. The second-order valence-electron chi connectivity index (χ2n) is 5.88. The highest BCUT2D eigenvalue weighted by Gasteiger charge is 2.25. The number of anilines is 2. The third kappa shape index (κ3) is 5.47. The molecule has 0 aliphatic carbocycles. The number of nitrogens with one attached hydrogen (secondary N) is 2. The number of oxime groups is 1. The van der Waals surface area contributed by atoms with Gasteiger partial charge in [0.15, 0.2) is 0 Å². The van der Waals surface area contributed by atoms with Crippen LogP contribution in [0.2, 0.25) is 5.15 Å². The van der Waals surface area contributed by atoms with Crippen LogP contribution < -0.4 is 15.4 Å². The van der Waals surface area contributed by atoms with E-state index in [1.165, 1.54) is 13.2 Å². The van der Waals surface area contributed by atoms with Gasteiger partial charge in [-0.25, -0.2) is 9.78 Å². The Morgan fingerprint density at radius 2 is 2.07 bits per heavy atom. The van der Waals surface area contributed by atoms with Crippen molar-refractivity contribution in [3.63, 3.8) is 0 Å². The molecule has 1 aromatic heterocycles. The highest BCUT2D eigenvalue weighted by Crippen LogP contribution is 2.34. The average molecular weight is 438 g/mol. The van der Waals surface area contributed by atoms with Gasteiger partial charge >= 0.3 is 11.8 Å². The molecular formula is C18H20ClN5O6. The first-order chi connectivity index (χ1) is 14.3. The molecule has 160 valence electrons. The maximum atomic E-state index is 11.6. The standard InChI is InChI=1S/C18H20ClN5O6/c1-4-30-18(25)22-14-9-13(16(24(27)28)17(19)21-14)20-10(2)15(23-26)11-5-7-12(29-3)8-6-11/h5-10,26H,4H2,1-3H3,(H2,20,21,22,25). The molecule has 0 saturated carbocycles. The second kappa shape index (κ2) is 10.3. The number of carbonyl (C=O) groups excluding carboxylic acids is 1. The number of rotatable bonds is 8. The van der Waals surface area contributed by atoms with Crippen molar-refractivity contribution in [2.24, 2.45) is 5.16 Å². The first-order valence-corrected chi connectivity index (χ1v) is 9.10. The van der Waals surface area contributed by atoms with Gasteiger partial charge in [0.05, 0.1) is 24.7 Å². The van der Waals surface area contributed by atoms with E-state index in [-0.39, 0.29) is 23.8 Å². The summed E-state index contributed by atoms with van der Waals surface area (Å²) in [5.41, 5.74) is 0.240. The Kier molecular flexibility index (Phi) is 7.76. The minimum atomic E-state index is -0.787. The molecule has 0 bridgehead atoms. The molecule has 0 fully saturated rings.